The number of amides is 1. The Kier molecular flexibility index (Phi) is 3.58. The van der Waals surface area contributed by atoms with Gasteiger partial charge in [-0.15, -0.1) is 11.3 Å². The highest BCUT2D eigenvalue weighted by atomic mass is 32.1. The molecule has 0 radical (unpaired) electrons. The van der Waals surface area contributed by atoms with E-state index in [1.807, 2.05) is 36.2 Å². The second-order valence-corrected chi connectivity index (χ2v) is 6.77. The first-order valence-corrected chi connectivity index (χ1v) is 8.47. The summed E-state index contributed by atoms with van der Waals surface area (Å²) in [7, 11) is 0. The molecule has 0 aliphatic heterocycles. The summed E-state index contributed by atoms with van der Waals surface area (Å²) in [4.78, 5) is 45.2. The number of anilines is 2. The highest BCUT2D eigenvalue weighted by Gasteiger charge is 2.19. The van der Waals surface area contributed by atoms with Crippen molar-refractivity contribution in [1.82, 2.24) is 15.0 Å². The molecule has 8 nitrogen and oxygen atoms in total. The first-order valence-electron chi connectivity index (χ1n) is 7.66. The lowest BCUT2D eigenvalue weighted by Crippen LogP contribution is -2.26. The molecule has 1 aromatic carbocycles. The minimum atomic E-state index is -0.693. The number of nitrogen functional groups attached to an aromatic ring is 1. The normalized spacial score (nSPS) is 11.1. The summed E-state index contributed by atoms with van der Waals surface area (Å²) in [6.45, 7) is 1.97. The monoisotopic (exact) mass is 367 g/mol. The SMILES string of the molecule is Cc1cccc2cc3c(N)c(C(=O)Nc4c[nH]c(=O)[nH]c4=O)sc3nc12. The first-order chi connectivity index (χ1) is 12.4. The summed E-state index contributed by atoms with van der Waals surface area (Å²) in [5.41, 5.74) is 6.92. The topological polar surface area (TPSA) is 134 Å². The number of aryl methyl sites for hydroxylation is 1. The zero-order valence-corrected chi connectivity index (χ0v) is 14.4. The van der Waals surface area contributed by atoms with Crippen molar-refractivity contribution in [3.8, 4) is 0 Å². The summed E-state index contributed by atoms with van der Waals surface area (Å²) in [5.74, 6) is -0.538. The number of nitrogens with two attached hydrogens (primary N) is 1. The highest BCUT2D eigenvalue weighted by Crippen LogP contribution is 2.35. The van der Waals surface area contributed by atoms with Gasteiger partial charge in [-0.2, -0.15) is 0 Å². The number of nitrogens with zero attached hydrogens (tertiary/aromatic N) is 1. The van der Waals surface area contributed by atoms with Gasteiger partial charge in [-0.1, -0.05) is 18.2 Å². The van der Waals surface area contributed by atoms with Crippen LogP contribution in [0.25, 0.3) is 21.1 Å². The molecular weight excluding hydrogens is 354 g/mol. The van der Waals surface area contributed by atoms with Gasteiger partial charge in [0.05, 0.1) is 11.2 Å². The standard InChI is InChI=1S/C17H13N5O3S/c1-7-3-2-4-8-5-9-11(18)13(26-16(9)21-12(7)8)15(24)20-10-6-19-17(25)22-14(10)23/h2-6H,18H2,1H3,(H,20,24)(H2,19,22,23,25). The van der Waals surface area contributed by atoms with Crippen molar-refractivity contribution in [2.24, 2.45) is 0 Å². The van der Waals surface area contributed by atoms with Crippen LogP contribution >= 0.6 is 11.3 Å². The Balaban J connectivity index is 1.81. The second kappa shape index (κ2) is 5.81. The number of hydrogen-bond donors (Lipinski definition) is 4. The Hall–Kier alpha value is -3.46. The number of benzene rings is 1. The lowest BCUT2D eigenvalue weighted by molar-refractivity contribution is 0.103. The fourth-order valence-corrected chi connectivity index (χ4v) is 3.70. The zero-order chi connectivity index (χ0) is 18.4. The van der Waals surface area contributed by atoms with Gasteiger partial charge in [-0.3, -0.25) is 14.6 Å². The van der Waals surface area contributed by atoms with E-state index in [1.54, 1.807) is 0 Å². The van der Waals surface area contributed by atoms with Gasteiger partial charge in [-0.25, -0.2) is 9.78 Å². The number of para-hydroxylation sites is 1. The van der Waals surface area contributed by atoms with Crippen LogP contribution in [0, 0.1) is 6.92 Å². The van der Waals surface area contributed by atoms with Gasteiger partial charge in [-0.05, 0) is 18.6 Å². The van der Waals surface area contributed by atoms with Gasteiger partial charge in [0, 0.05) is 17.0 Å². The number of aromatic amines is 2. The van der Waals surface area contributed by atoms with E-state index in [2.05, 4.69) is 15.3 Å². The quantitative estimate of drug-likeness (QED) is 0.430. The Morgan fingerprint density at radius 1 is 1.31 bits per heavy atom. The maximum atomic E-state index is 12.5. The third-order valence-corrected chi connectivity index (χ3v) is 5.13. The van der Waals surface area contributed by atoms with Crippen molar-refractivity contribution in [1.29, 1.82) is 0 Å². The van der Waals surface area contributed by atoms with E-state index in [-0.39, 0.29) is 10.6 Å². The number of carbonyl (C=O) groups excluding carboxylic acids is 1. The van der Waals surface area contributed by atoms with E-state index in [0.717, 1.165) is 34.0 Å². The highest BCUT2D eigenvalue weighted by molar-refractivity contribution is 7.21. The largest absolute Gasteiger partial charge is 0.397 e. The lowest BCUT2D eigenvalue weighted by Gasteiger charge is -2.02. The van der Waals surface area contributed by atoms with Gasteiger partial charge in [0.1, 0.15) is 15.4 Å². The van der Waals surface area contributed by atoms with Crippen LogP contribution in [-0.2, 0) is 0 Å². The van der Waals surface area contributed by atoms with Crippen molar-refractivity contribution in [3.05, 3.63) is 61.7 Å². The summed E-state index contributed by atoms with van der Waals surface area (Å²) in [6.07, 6.45) is 1.14. The molecule has 0 atom stereocenters. The van der Waals surface area contributed by atoms with E-state index >= 15 is 0 Å². The van der Waals surface area contributed by atoms with Crippen LogP contribution in [0.15, 0.2) is 40.1 Å². The van der Waals surface area contributed by atoms with Crippen LogP contribution < -0.4 is 22.3 Å². The molecule has 26 heavy (non-hydrogen) atoms. The molecule has 1 amide bonds. The molecule has 4 rings (SSSR count). The third-order valence-electron chi connectivity index (χ3n) is 4.02. The molecule has 3 heterocycles. The Labute approximate surface area is 149 Å². The van der Waals surface area contributed by atoms with Crippen LogP contribution in [-0.4, -0.2) is 20.9 Å². The number of pyridine rings is 1. The summed E-state index contributed by atoms with van der Waals surface area (Å²) in [6, 6.07) is 7.74. The predicted octanol–water partition coefficient (Wildman–Crippen LogP) is 1.97. The lowest BCUT2D eigenvalue weighted by atomic mass is 10.1. The average molecular weight is 367 g/mol. The van der Waals surface area contributed by atoms with Crippen molar-refractivity contribution in [2.45, 2.75) is 6.92 Å². The minimum absolute atomic E-state index is 0.0691. The fraction of sp³-hybridized carbons (Fsp3) is 0.0588. The molecule has 0 aliphatic carbocycles. The average Bonchev–Trinajstić information content (AvgIpc) is 2.93. The van der Waals surface area contributed by atoms with E-state index in [0.29, 0.717) is 15.9 Å². The second-order valence-electron chi connectivity index (χ2n) is 5.77. The van der Waals surface area contributed by atoms with Crippen molar-refractivity contribution >= 4 is 49.7 Å². The maximum absolute atomic E-state index is 12.5. The van der Waals surface area contributed by atoms with Crippen molar-refractivity contribution in [2.75, 3.05) is 11.1 Å². The van der Waals surface area contributed by atoms with Crippen LogP contribution in [0.5, 0.6) is 0 Å². The number of fused-ring (bicyclic) bond motifs is 2. The summed E-state index contributed by atoms with van der Waals surface area (Å²) >= 11 is 1.15. The molecule has 9 heteroatoms. The summed E-state index contributed by atoms with van der Waals surface area (Å²) < 4.78 is 0. The van der Waals surface area contributed by atoms with E-state index < -0.39 is 17.2 Å². The number of nitrogens with one attached hydrogen (secondary N) is 3. The van der Waals surface area contributed by atoms with Crippen LogP contribution in [0.4, 0.5) is 11.4 Å². The van der Waals surface area contributed by atoms with Gasteiger partial charge in [0.15, 0.2) is 0 Å². The molecule has 0 saturated heterocycles. The number of thiophene rings is 1. The molecule has 0 fully saturated rings. The van der Waals surface area contributed by atoms with E-state index in [9.17, 15) is 14.4 Å². The number of carbonyl (C=O) groups is 1. The van der Waals surface area contributed by atoms with Gasteiger partial charge >= 0.3 is 5.69 Å². The predicted molar refractivity (Wildman–Crippen MR) is 102 cm³/mol. The Morgan fingerprint density at radius 2 is 2.12 bits per heavy atom. The van der Waals surface area contributed by atoms with Crippen LogP contribution in [0.2, 0.25) is 0 Å². The fourth-order valence-electron chi connectivity index (χ4n) is 2.72. The minimum Gasteiger partial charge on any atom is -0.397 e. The molecule has 0 unspecified atom stereocenters. The number of H-pyrrole nitrogens is 2. The number of rotatable bonds is 2. The Bertz CT molecular complexity index is 1300. The van der Waals surface area contributed by atoms with Crippen LogP contribution in [0.1, 0.15) is 15.2 Å². The number of aromatic nitrogens is 3. The molecule has 0 spiro atoms. The maximum Gasteiger partial charge on any atom is 0.325 e. The molecule has 4 aromatic rings. The molecule has 5 N–H and O–H groups in total. The van der Waals surface area contributed by atoms with Crippen molar-refractivity contribution < 1.29 is 4.79 Å². The molecule has 0 bridgehead atoms. The Morgan fingerprint density at radius 3 is 2.88 bits per heavy atom. The van der Waals surface area contributed by atoms with Crippen molar-refractivity contribution in [3.63, 3.8) is 0 Å². The van der Waals surface area contributed by atoms with Gasteiger partial charge < -0.3 is 16.0 Å². The number of hydrogen-bond acceptors (Lipinski definition) is 6. The van der Waals surface area contributed by atoms with E-state index in [1.165, 1.54) is 0 Å². The molecule has 0 aliphatic rings. The molecule has 0 saturated carbocycles. The van der Waals surface area contributed by atoms with E-state index in [4.69, 9.17) is 5.73 Å². The third kappa shape index (κ3) is 2.54. The molecular formula is C17H13N5O3S. The molecule has 130 valence electrons. The van der Waals surface area contributed by atoms with Crippen LogP contribution in [0.3, 0.4) is 0 Å². The van der Waals surface area contributed by atoms with Gasteiger partial charge in [0.25, 0.3) is 11.5 Å². The smallest absolute Gasteiger partial charge is 0.325 e. The first kappa shape index (κ1) is 16.0. The molecule has 3 aromatic heterocycles. The summed E-state index contributed by atoms with van der Waals surface area (Å²) in [5, 5.41) is 4.08. The van der Waals surface area contributed by atoms with Gasteiger partial charge in [0.2, 0.25) is 0 Å². The zero-order valence-electron chi connectivity index (χ0n) is 13.5.